The van der Waals surface area contributed by atoms with Gasteiger partial charge in [-0.25, -0.2) is 9.79 Å². The maximum absolute atomic E-state index is 12.4. The summed E-state index contributed by atoms with van der Waals surface area (Å²) >= 11 is 0. The molecule has 0 aromatic heterocycles. The van der Waals surface area contributed by atoms with E-state index in [0.717, 1.165) is 0 Å². The molecule has 0 spiro atoms. The van der Waals surface area contributed by atoms with Crippen LogP contribution in [0.2, 0.25) is 0 Å². The van der Waals surface area contributed by atoms with E-state index in [4.69, 9.17) is 18.9 Å². The lowest BCUT2D eigenvalue weighted by atomic mass is 9.87. The van der Waals surface area contributed by atoms with Crippen molar-refractivity contribution in [3.63, 3.8) is 0 Å². The van der Waals surface area contributed by atoms with Crippen LogP contribution in [-0.2, 0) is 19.7 Å². The van der Waals surface area contributed by atoms with Gasteiger partial charge in [-0.05, 0) is 46.9 Å². The van der Waals surface area contributed by atoms with E-state index < -0.39 is 11.9 Å². The van der Waals surface area contributed by atoms with E-state index >= 15 is 0 Å². The summed E-state index contributed by atoms with van der Waals surface area (Å²) in [5, 5.41) is 0. The molecule has 0 saturated carbocycles. The van der Waals surface area contributed by atoms with E-state index in [2.05, 4.69) is 25.8 Å². The molecule has 2 aromatic rings. The lowest BCUT2D eigenvalue weighted by molar-refractivity contribution is -0.134. The van der Waals surface area contributed by atoms with Gasteiger partial charge in [-0.1, -0.05) is 39.8 Å². The maximum Gasteiger partial charge on any atom is 0.363 e. The highest BCUT2D eigenvalue weighted by molar-refractivity contribution is 6.12. The van der Waals surface area contributed by atoms with Crippen LogP contribution in [0, 0.1) is 0 Å². The molecule has 1 aliphatic heterocycles. The molecule has 3 rings (SSSR count). The number of ether oxygens (including phenoxy) is 4. The van der Waals surface area contributed by atoms with Crippen LogP contribution in [-0.4, -0.2) is 32.1 Å². The van der Waals surface area contributed by atoms with Crippen LogP contribution in [0.1, 0.15) is 50.8 Å². The summed E-state index contributed by atoms with van der Waals surface area (Å²) in [6.07, 6.45) is 1.77. The zero-order valence-electron chi connectivity index (χ0n) is 19.1. The predicted octanol–water partition coefficient (Wildman–Crippen LogP) is 4.66. The van der Waals surface area contributed by atoms with Crippen molar-refractivity contribution >= 4 is 23.9 Å². The molecule has 0 bridgehead atoms. The minimum atomic E-state index is -0.556. The number of carbonyl (C=O) groups is 2. The molecule has 7 nitrogen and oxygen atoms in total. The number of aliphatic imine (C=N–C) groups is 1. The minimum Gasteiger partial charge on any atom is -0.493 e. The molecule has 0 aliphatic carbocycles. The first-order valence-electron chi connectivity index (χ1n) is 10.3. The Morgan fingerprint density at radius 2 is 1.66 bits per heavy atom. The highest BCUT2D eigenvalue weighted by Gasteiger charge is 2.25. The van der Waals surface area contributed by atoms with Crippen LogP contribution < -0.4 is 14.2 Å². The largest absolute Gasteiger partial charge is 0.493 e. The van der Waals surface area contributed by atoms with E-state index in [-0.39, 0.29) is 29.2 Å². The molecule has 0 fully saturated rings. The van der Waals surface area contributed by atoms with Gasteiger partial charge in [0, 0.05) is 12.0 Å². The van der Waals surface area contributed by atoms with Crippen molar-refractivity contribution in [3.8, 4) is 17.2 Å². The highest BCUT2D eigenvalue weighted by atomic mass is 16.6. The second-order valence-corrected chi connectivity index (χ2v) is 8.25. The predicted molar refractivity (Wildman–Crippen MR) is 121 cm³/mol. The Morgan fingerprint density at radius 3 is 2.16 bits per heavy atom. The summed E-state index contributed by atoms with van der Waals surface area (Å²) in [6, 6.07) is 11.0. The normalized spacial score (nSPS) is 14.8. The summed E-state index contributed by atoms with van der Waals surface area (Å²) in [4.78, 5) is 28.5. The molecule has 0 N–H and O–H groups in total. The molecule has 168 valence electrons. The molecular weight excluding hydrogens is 410 g/mol. The van der Waals surface area contributed by atoms with Crippen molar-refractivity contribution in [2.45, 2.75) is 39.5 Å². The summed E-state index contributed by atoms with van der Waals surface area (Å²) in [5.41, 5.74) is 2.63. The number of benzene rings is 2. The number of cyclic esters (lactones) is 1. The first kappa shape index (κ1) is 23.1. The number of hydrogen-bond donors (Lipinski definition) is 0. The molecule has 1 aliphatic rings. The molecule has 0 amide bonds. The molecule has 0 radical (unpaired) electrons. The Kier molecular flexibility index (Phi) is 6.67. The van der Waals surface area contributed by atoms with Gasteiger partial charge in [0.2, 0.25) is 11.6 Å². The van der Waals surface area contributed by atoms with Crippen LogP contribution >= 0.6 is 0 Å². The first-order chi connectivity index (χ1) is 15.2. The van der Waals surface area contributed by atoms with Crippen molar-refractivity contribution < 1.29 is 28.5 Å². The Labute approximate surface area is 187 Å². The third kappa shape index (κ3) is 4.99. The van der Waals surface area contributed by atoms with Gasteiger partial charge in [0.1, 0.15) is 0 Å². The van der Waals surface area contributed by atoms with Gasteiger partial charge in [-0.3, -0.25) is 4.79 Å². The molecule has 0 atom stereocenters. The minimum absolute atomic E-state index is 0.0213. The topological polar surface area (TPSA) is 83.4 Å². The molecule has 2 aromatic carbocycles. The molecule has 1 heterocycles. The van der Waals surface area contributed by atoms with E-state index in [1.165, 1.54) is 19.8 Å². The van der Waals surface area contributed by atoms with Crippen LogP contribution in [0.3, 0.4) is 0 Å². The Morgan fingerprint density at radius 1 is 1.06 bits per heavy atom. The fraction of sp³-hybridized carbons (Fsp3) is 0.320. The van der Waals surface area contributed by atoms with Crippen LogP contribution in [0.4, 0.5) is 0 Å². The fourth-order valence-corrected chi connectivity index (χ4v) is 3.07. The van der Waals surface area contributed by atoms with Crippen molar-refractivity contribution in [1.82, 2.24) is 0 Å². The maximum atomic E-state index is 12.4. The molecule has 0 unspecified atom stereocenters. The van der Waals surface area contributed by atoms with E-state index in [9.17, 15) is 9.59 Å². The Bertz CT molecular complexity index is 1070. The van der Waals surface area contributed by atoms with Crippen molar-refractivity contribution in [1.29, 1.82) is 0 Å². The summed E-state index contributed by atoms with van der Waals surface area (Å²) < 4.78 is 21.4. The zero-order valence-corrected chi connectivity index (χ0v) is 19.1. The Hall–Kier alpha value is -3.61. The number of nitrogens with zero attached hydrogens (tertiary/aromatic N) is 1. The monoisotopic (exact) mass is 437 g/mol. The quantitative estimate of drug-likeness (QED) is 0.371. The van der Waals surface area contributed by atoms with Gasteiger partial charge >= 0.3 is 11.9 Å². The van der Waals surface area contributed by atoms with Crippen LogP contribution in [0.5, 0.6) is 17.2 Å². The van der Waals surface area contributed by atoms with E-state index in [0.29, 0.717) is 22.6 Å². The summed E-state index contributed by atoms with van der Waals surface area (Å²) in [6.45, 7) is 8.09. The van der Waals surface area contributed by atoms with Crippen molar-refractivity contribution in [2.24, 2.45) is 4.99 Å². The van der Waals surface area contributed by atoms with Gasteiger partial charge < -0.3 is 18.9 Å². The van der Waals surface area contributed by atoms with Crippen LogP contribution in [0.15, 0.2) is 47.1 Å². The molecule has 7 heteroatoms. The van der Waals surface area contributed by atoms with Gasteiger partial charge in [0.15, 0.2) is 17.2 Å². The third-order valence-electron chi connectivity index (χ3n) is 4.91. The van der Waals surface area contributed by atoms with Crippen LogP contribution in [0.25, 0.3) is 6.08 Å². The smallest absolute Gasteiger partial charge is 0.363 e. The van der Waals surface area contributed by atoms with Crippen molar-refractivity contribution in [2.75, 3.05) is 14.2 Å². The number of rotatable bonds is 6. The van der Waals surface area contributed by atoms with Crippen molar-refractivity contribution in [3.05, 3.63) is 58.8 Å². The highest BCUT2D eigenvalue weighted by Crippen LogP contribution is 2.39. The summed E-state index contributed by atoms with van der Waals surface area (Å²) in [7, 11) is 2.91. The zero-order chi connectivity index (χ0) is 23.5. The molecule has 0 saturated heterocycles. The average Bonchev–Trinajstić information content (AvgIpc) is 3.13. The summed E-state index contributed by atoms with van der Waals surface area (Å²) in [5.74, 6) is 0.0473. The second-order valence-electron chi connectivity index (χ2n) is 8.25. The van der Waals surface area contributed by atoms with Gasteiger partial charge in [-0.15, -0.1) is 0 Å². The first-order valence-corrected chi connectivity index (χ1v) is 10.3. The van der Waals surface area contributed by atoms with E-state index in [1.54, 1.807) is 25.1 Å². The van der Waals surface area contributed by atoms with Gasteiger partial charge in [0.25, 0.3) is 0 Å². The standard InChI is InChI=1S/C25H27NO6/c1-7-21(27)31-22-19(29-5)13-15(14-20(22)30-6)12-18-24(28)32-23(26-18)16-8-10-17(11-9-16)25(2,3)4/h8-14H,7H2,1-6H3. The lowest BCUT2D eigenvalue weighted by Crippen LogP contribution is -2.11. The number of hydrogen-bond acceptors (Lipinski definition) is 7. The lowest BCUT2D eigenvalue weighted by Gasteiger charge is -2.18. The SMILES string of the molecule is CCC(=O)Oc1c(OC)cc(C=C2N=C(c3ccc(C(C)(C)C)cc3)OC2=O)cc1OC. The number of methoxy groups -OCH3 is 2. The van der Waals surface area contributed by atoms with Gasteiger partial charge in [-0.2, -0.15) is 0 Å². The van der Waals surface area contributed by atoms with Gasteiger partial charge in [0.05, 0.1) is 14.2 Å². The third-order valence-corrected chi connectivity index (χ3v) is 4.91. The number of carbonyl (C=O) groups excluding carboxylic acids is 2. The number of esters is 2. The Balaban J connectivity index is 1.94. The van der Waals surface area contributed by atoms with E-state index in [1.807, 2.05) is 24.3 Å². The molecule has 32 heavy (non-hydrogen) atoms. The fourth-order valence-electron chi connectivity index (χ4n) is 3.07. The second kappa shape index (κ2) is 9.26. The molecular formula is C25H27NO6. The average molecular weight is 437 g/mol.